The second-order valence-corrected chi connectivity index (χ2v) is 6.32. The van der Waals surface area contributed by atoms with Crippen molar-refractivity contribution in [3.05, 3.63) is 35.4 Å². The molecule has 0 aromatic heterocycles. The van der Waals surface area contributed by atoms with E-state index in [1.54, 1.807) is 4.90 Å². The summed E-state index contributed by atoms with van der Waals surface area (Å²) in [6.45, 7) is 7.78. The molecule has 1 aliphatic rings. The van der Waals surface area contributed by atoms with E-state index in [1.807, 2.05) is 0 Å². The topological polar surface area (TPSA) is 28.5 Å². The van der Waals surface area contributed by atoms with E-state index >= 15 is 0 Å². The first-order valence-electron chi connectivity index (χ1n) is 8.21. The SMILES string of the molecule is CCCCNC(=S)NCc1ccc(C[NH+]2CCCC2)cc1. The Hall–Kier alpha value is -1.13. The van der Waals surface area contributed by atoms with E-state index in [-0.39, 0.29) is 0 Å². The third-order valence-corrected chi connectivity index (χ3v) is 4.35. The lowest BCUT2D eigenvalue weighted by molar-refractivity contribution is -0.901. The first kappa shape index (κ1) is 16.2. The molecule has 0 amide bonds. The summed E-state index contributed by atoms with van der Waals surface area (Å²) >= 11 is 5.26. The monoisotopic (exact) mass is 306 g/mol. The highest BCUT2D eigenvalue weighted by Gasteiger charge is 2.15. The molecule has 0 radical (unpaired) electrons. The molecule has 0 bridgehead atoms. The highest BCUT2D eigenvalue weighted by molar-refractivity contribution is 7.80. The fraction of sp³-hybridized carbons (Fsp3) is 0.588. The first-order valence-corrected chi connectivity index (χ1v) is 8.62. The van der Waals surface area contributed by atoms with E-state index in [0.29, 0.717) is 0 Å². The zero-order valence-electron chi connectivity index (χ0n) is 13.1. The minimum absolute atomic E-state index is 0.758. The van der Waals surface area contributed by atoms with E-state index in [4.69, 9.17) is 12.2 Å². The molecule has 4 heteroatoms. The predicted molar refractivity (Wildman–Crippen MR) is 92.4 cm³/mol. The number of hydrogen-bond acceptors (Lipinski definition) is 1. The molecule has 0 atom stereocenters. The van der Waals surface area contributed by atoms with Crippen LogP contribution in [0.3, 0.4) is 0 Å². The maximum absolute atomic E-state index is 5.26. The van der Waals surface area contributed by atoms with Crippen LogP contribution in [0.25, 0.3) is 0 Å². The smallest absolute Gasteiger partial charge is 0.166 e. The number of thiocarbonyl (C=S) groups is 1. The van der Waals surface area contributed by atoms with Crippen LogP contribution in [0, 0.1) is 0 Å². The highest BCUT2D eigenvalue weighted by Crippen LogP contribution is 2.04. The number of unbranched alkanes of at least 4 members (excludes halogenated alkanes) is 1. The van der Waals surface area contributed by atoms with E-state index in [1.165, 1.54) is 50.0 Å². The number of hydrogen-bond donors (Lipinski definition) is 3. The molecule has 0 spiro atoms. The molecule has 0 unspecified atom stereocenters. The van der Waals surface area contributed by atoms with E-state index in [0.717, 1.165) is 24.6 Å². The number of benzene rings is 1. The molecule has 2 rings (SSSR count). The van der Waals surface area contributed by atoms with Crippen LogP contribution in [-0.2, 0) is 13.1 Å². The lowest BCUT2D eigenvalue weighted by Gasteiger charge is -2.13. The van der Waals surface area contributed by atoms with Crippen molar-refractivity contribution in [2.24, 2.45) is 0 Å². The fourth-order valence-corrected chi connectivity index (χ4v) is 2.91. The second-order valence-electron chi connectivity index (χ2n) is 5.91. The maximum Gasteiger partial charge on any atom is 0.166 e. The van der Waals surface area contributed by atoms with Crippen molar-refractivity contribution in [3.63, 3.8) is 0 Å². The van der Waals surface area contributed by atoms with Crippen molar-refractivity contribution in [1.29, 1.82) is 0 Å². The van der Waals surface area contributed by atoms with Crippen molar-refractivity contribution >= 4 is 17.3 Å². The highest BCUT2D eigenvalue weighted by atomic mass is 32.1. The van der Waals surface area contributed by atoms with Gasteiger partial charge < -0.3 is 15.5 Å². The normalized spacial score (nSPS) is 15.1. The predicted octanol–water partition coefficient (Wildman–Crippen LogP) is 1.63. The molecule has 116 valence electrons. The van der Waals surface area contributed by atoms with Gasteiger partial charge in [0.1, 0.15) is 6.54 Å². The summed E-state index contributed by atoms with van der Waals surface area (Å²) in [6.07, 6.45) is 5.13. The van der Waals surface area contributed by atoms with Gasteiger partial charge >= 0.3 is 0 Å². The van der Waals surface area contributed by atoms with Crippen LogP contribution in [0.1, 0.15) is 43.7 Å². The fourth-order valence-electron chi connectivity index (χ4n) is 2.74. The molecule has 1 fully saturated rings. The van der Waals surface area contributed by atoms with Crippen LogP contribution in [0.4, 0.5) is 0 Å². The maximum atomic E-state index is 5.26. The van der Waals surface area contributed by atoms with Crippen LogP contribution < -0.4 is 15.5 Å². The summed E-state index contributed by atoms with van der Waals surface area (Å²) in [7, 11) is 0. The Kier molecular flexibility index (Phi) is 6.96. The third kappa shape index (κ3) is 6.02. The van der Waals surface area contributed by atoms with Crippen molar-refractivity contribution in [2.75, 3.05) is 19.6 Å². The molecule has 21 heavy (non-hydrogen) atoms. The minimum Gasteiger partial charge on any atom is -0.363 e. The zero-order chi connectivity index (χ0) is 14.9. The number of rotatable bonds is 7. The Morgan fingerprint density at radius 1 is 1.10 bits per heavy atom. The van der Waals surface area contributed by atoms with Crippen LogP contribution in [0.15, 0.2) is 24.3 Å². The summed E-state index contributed by atoms with van der Waals surface area (Å²) in [4.78, 5) is 1.72. The molecule has 3 nitrogen and oxygen atoms in total. The van der Waals surface area contributed by atoms with Gasteiger partial charge in [-0.2, -0.15) is 0 Å². The number of quaternary nitrogens is 1. The molecule has 1 saturated heterocycles. The first-order chi connectivity index (χ1) is 10.3. The van der Waals surface area contributed by atoms with E-state index in [9.17, 15) is 0 Å². The Balaban J connectivity index is 1.70. The van der Waals surface area contributed by atoms with Crippen molar-refractivity contribution in [1.82, 2.24) is 10.6 Å². The Bertz CT molecular complexity index is 424. The third-order valence-electron chi connectivity index (χ3n) is 4.06. The lowest BCUT2D eigenvalue weighted by Crippen LogP contribution is -3.08. The molecule has 0 saturated carbocycles. The second kappa shape index (κ2) is 9.00. The molecule has 1 aromatic carbocycles. The van der Waals surface area contributed by atoms with Crippen molar-refractivity contribution in [2.45, 2.75) is 45.7 Å². The standard InChI is InChI=1S/C17H27N3S/c1-2-3-10-18-17(21)19-13-15-6-8-16(9-7-15)14-20-11-4-5-12-20/h6-9H,2-5,10-14H2,1H3,(H2,18,19,21)/p+1. The van der Waals surface area contributed by atoms with Crippen molar-refractivity contribution < 1.29 is 4.90 Å². The van der Waals surface area contributed by atoms with E-state index in [2.05, 4.69) is 41.8 Å². The number of nitrogens with one attached hydrogen (secondary N) is 3. The Morgan fingerprint density at radius 3 is 2.43 bits per heavy atom. The summed E-state index contributed by atoms with van der Waals surface area (Å²) in [6, 6.07) is 8.95. The van der Waals surface area contributed by atoms with Crippen LogP contribution in [0.5, 0.6) is 0 Å². The van der Waals surface area contributed by atoms with Crippen LogP contribution in [0.2, 0.25) is 0 Å². The van der Waals surface area contributed by atoms with Gasteiger partial charge in [0.2, 0.25) is 0 Å². The largest absolute Gasteiger partial charge is 0.363 e. The zero-order valence-corrected chi connectivity index (χ0v) is 13.9. The Morgan fingerprint density at radius 2 is 1.76 bits per heavy atom. The van der Waals surface area contributed by atoms with Gasteiger partial charge in [0.25, 0.3) is 0 Å². The van der Waals surface area contributed by atoms with Gasteiger partial charge in [0.05, 0.1) is 13.1 Å². The minimum atomic E-state index is 0.758. The average molecular weight is 306 g/mol. The lowest BCUT2D eigenvalue weighted by atomic mass is 10.1. The summed E-state index contributed by atoms with van der Waals surface area (Å²) < 4.78 is 0. The van der Waals surface area contributed by atoms with Gasteiger partial charge in [-0.15, -0.1) is 0 Å². The summed E-state index contributed by atoms with van der Waals surface area (Å²) in [5.74, 6) is 0. The molecule has 1 aromatic rings. The van der Waals surface area contributed by atoms with Gasteiger partial charge in [-0.25, -0.2) is 0 Å². The van der Waals surface area contributed by atoms with Gasteiger partial charge in [0, 0.05) is 31.5 Å². The van der Waals surface area contributed by atoms with Gasteiger partial charge in [-0.3, -0.25) is 0 Å². The summed E-state index contributed by atoms with van der Waals surface area (Å²) in [5.41, 5.74) is 2.73. The number of likely N-dealkylation sites (tertiary alicyclic amines) is 1. The molecule has 0 aliphatic carbocycles. The van der Waals surface area contributed by atoms with Gasteiger partial charge in [0.15, 0.2) is 5.11 Å². The quantitative estimate of drug-likeness (QED) is 0.528. The van der Waals surface area contributed by atoms with E-state index < -0.39 is 0 Å². The van der Waals surface area contributed by atoms with Crippen LogP contribution in [-0.4, -0.2) is 24.7 Å². The molecular weight excluding hydrogens is 278 g/mol. The van der Waals surface area contributed by atoms with Crippen LogP contribution >= 0.6 is 12.2 Å². The molecule has 3 N–H and O–H groups in total. The molecule has 1 aliphatic heterocycles. The summed E-state index contributed by atoms with van der Waals surface area (Å²) in [5, 5.41) is 7.25. The molecular formula is C17H28N3S+. The van der Waals surface area contributed by atoms with Crippen molar-refractivity contribution in [3.8, 4) is 0 Å². The Labute approximate surface area is 134 Å². The molecule has 1 heterocycles. The average Bonchev–Trinajstić information content (AvgIpc) is 3.00. The van der Waals surface area contributed by atoms with Gasteiger partial charge in [-0.1, -0.05) is 37.6 Å². The van der Waals surface area contributed by atoms with Gasteiger partial charge in [-0.05, 0) is 24.2 Å².